The van der Waals surface area contributed by atoms with Crippen LogP contribution < -0.4 is 10.6 Å². The Morgan fingerprint density at radius 1 is 1.40 bits per heavy atom. The quantitative estimate of drug-likeness (QED) is 0.783. The van der Waals surface area contributed by atoms with Crippen LogP contribution in [-0.2, 0) is 4.79 Å². The zero-order chi connectivity index (χ0) is 13.9. The fourth-order valence-corrected chi connectivity index (χ4v) is 4.20. The van der Waals surface area contributed by atoms with Gasteiger partial charge in [0.2, 0.25) is 5.91 Å². The fourth-order valence-electron chi connectivity index (χ4n) is 3.39. The molecule has 0 aromatic rings. The first-order valence-electron chi connectivity index (χ1n) is 7.57. The van der Waals surface area contributed by atoms with Crippen LogP contribution in [0.3, 0.4) is 0 Å². The third-order valence-corrected chi connectivity index (χ3v) is 5.69. The lowest BCUT2D eigenvalue weighted by molar-refractivity contribution is -0.133. The van der Waals surface area contributed by atoms with Crippen molar-refractivity contribution < 1.29 is 4.79 Å². The second-order valence-corrected chi connectivity index (χ2v) is 8.87. The van der Waals surface area contributed by atoms with Gasteiger partial charge >= 0.3 is 0 Å². The van der Waals surface area contributed by atoms with Crippen LogP contribution in [0.5, 0.6) is 0 Å². The topological polar surface area (TPSA) is 41.1 Å². The van der Waals surface area contributed by atoms with Crippen LogP contribution in [0.15, 0.2) is 0 Å². The van der Waals surface area contributed by atoms with Crippen molar-refractivity contribution in [2.75, 3.05) is 25.4 Å². The Hall–Kier alpha value is 0.0700. The molecule has 2 atom stereocenters. The van der Waals surface area contributed by atoms with Crippen LogP contribution in [-0.4, -0.2) is 36.0 Å². The summed E-state index contributed by atoms with van der Waals surface area (Å²) in [4.78, 5) is 12.6. The van der Waals surface area contributed by atoms with Gasteiger partial charge in [-0.2, -0.15) is 11.8 Å². The van der Waals surface area contributed by atoms with E-state index in [0.717, 1.165) is 31.8 Å². The van der Waals surface area contributed by atoms with E-state index >= 15 is 0 Å². The van der Waals surface area contributed by atoms with Crippen molar-refractivity contribution >= 4 is 30.1 Å². The van der Waals surface area contributed by atoms with Gasteiger partial charge < -0.3 is 10.6 Å². The van der Waals surface area contributed by atoms with Gasteiger partial charge in [0.15, 0.2) is 0 Å². The minimum atomic E-state index is -0.0926. The average Bonchev–Trinajstić information content (AvgIpc) is 2.78. The molecule has 0 radical (unpaired) electrons. The molecule has 2 aliphatic rings. The van der Waals surface area contributed by atoms with E-state index in [-0.39, 0.29) is 22.6 Å². The van der Waals surface area contributed by atoms with E-state index in [2.05, 4.69) is 31.4 Å². The second-order valence-electron chi connectivity index (χ2n) is 6.95. The van der Waals surface area contributed by atoms with E-state index in [1.54, 1.807) is 0 Å². The molecule has 0 bridgehead atoms. The molecule has 0 aromatic heterocycles. The summed E-state index contributed by atoms with van der Waals surface area (Å²) in [6.07, 6.45) is 4.80. The molecule has 0 spiro atoms. The molecule has 118 valence electrons. The fraction of sp³-hybridized carbons (Fsp3) is 0.933. The first-order chi connectivity index (χ1) is 8.94. The van der Waals surface area contributed by atoms with Crippen molar-refractivity contribution in [2.45, 2.75) is 51.2 Å². The van der Waals surface area contributed by atoms with Gasteiger partial charge in [-0.15, -0.1) is 12.4 Å². The van der Waals surface area contributed by atoms with E-state index in [0.29, 0.717) is 11.8 Å². The predicted molar refractivity (Wildman–Crippen MR) is 89.7 cm³/mol. The molecule has 1 aliphatic heterocycles. The maximum atomic E-state index is 12.6. The maximum Gasteiger partial charge on any atom is 0.227 e. The lowest BCUT2D eigenvalue weighted by Crippen LogP contribution is -2.48. The van der Waals surface area contributed by atoms with Gasteiger partial charge in [0, 0.05) is 23.6 Å². The van der Waals surface area contributed by atoms with Crippen LogP contribution in [0.25, 0.3) is 0 Å². The van der Waals surface area contributed by atoms with Crippen LogP contribution in [0.1, 0.15) is 46.5 Å². The molecule has 2 N–H and O–H groups in total. The van der Waals surface area contributed by atoms with Gasteiger partial charge in [0.25, 0.3) is 0 Å². The van der Waals surface area contributed by atoms with E-state index in [1.807, 2.05) is 11.8 Å². The van der Waals surface area contributed by atoms with Crippen molar-refractivity contribution in [2.24, 2.45) is 11.3 Å². The minimum Gasteiger partial charge on any atom is -0.355 e. The van der Waals surface area contributed by atoms with Gasteiger partial charge in [0.05, 0.1) is 5.41 Å². The van der Waals surface area contributed by atoms with Gasteiger partial charge in [-0.25, -0.2) is 0 Å². The number of carbonyl (C=O) groups excluding carboxylic acids is 1. The minimum absolute atomic E-state index is 0. The normalized spacial score (nSPS) is 29.4. The standard InChI is InChI=1S/C15H28N2OS.ClH/c1-14(2,3)19-9-8-17-13(18)15-7-5-4-6-12(15)10-16-11-15;/h12,16H,4-11H2,1-3H3,(H,17,18);1H/t12-,15+;/m0./s1. The number of halogens is 1. The first-order valence-corrected chi connectivity index (χ1v) is 8.56. The molecule has 3 nitrogen and oxygen atoms in total. The Balaban J connectivity index is 0.00000200. The number of rotatable bonds is 4. The van der Waals surface area contributed by atoms with Crippen LogP contribution >= 0.6 is 24.2 Å². The predicted octanol–water partition coefficient (Wildman–Crippen LogP) is 2.84. The van der Waals surface area contributed by atoms with Crippen LogP contribution in [0.2, 0.25) is 0 Å². The van der Waals surface area contributed by atoms with Crippen LogP contribution in [0, 0.1) is 11.3 Å². The number of hydrogen-bond acceptors (Lipinski definition) is 3. The third-order valence-electron chi connectivity index (χ3n) is 4.41. The van der Waals surface area contributed by atoms with E-state index in [4.69, 9.17) is 0 Å². The van der Waals surface area contributed by atoms with Crippen LogP contribution in [0.4, 0.5) is 0 Å². The summed E-state index contributed by atoms with van der Waals surface area (Å²) in [6.45, 7) is 9.37. The molecule has 1 amide bonds. The van der Waals surface area contributed by atoms with Crippen molar-refractivity contribution in [3.8, 4) is 0 Å². The summed E-state index contributed by atoms with van der Waals surface area (Å²) in [5.41, 5.74) is -0.0926. The SMILES string of the molecule is CC(C)(C)SCCNC(=O)[C@@]12CCCC[C@H]1CNC2.Cl. The van der Waals surface area contributed by atoms with Crippen molar-refractivity contribution in [3.05, 3.63) is 0 Å². The van der Waals surface area contributed by atoms with E-state index in [9.17, 15) is 4.79 Å². The maximum absolute atomic E-state index is 12.6. The van der Waals surface area contributed by atoms with Gasteiger partial charge in [-0.1, -0.05) is 33.6 Å². The molecule has 2 rings (SSSR count). The van der Waals surface area contributed by atoms with E-state index in [1.165, 1.54) is 19.3 Å². The average molecular weight is 321 g/mol. The number of hydrogen-bond donors (Lipinski definition) is 2. The highest BCUT2D eigenvalue weighted by molar-refractivity contribution is 8.00. The number of amides is 1. The monoisotopic (exact) mass is 320 g/mol. The molecule has 1 aliphatic carbocycles. The summed E-state index contributed by atoms with van der Waals surface area (Å²) in [7, 11) is 0. The highest BCUT2D eigenvalue weighted by Crippen LogP contribution is 2.43. The summed E-state index contributed by atoms with van der Waals surface area (Å²) in [6, 6.07) is 0. The molecule has 1 saturated heterocycles. The molecular weight excluding hydrogens is 292 g/mol. The number of thioether (sulfide) groups is 1. The summed E-state index contributed by atoms with van der Waals surface area (Å²) >= 11 is 1.91. The number of nitrogens with one attached hydrogen (secondary N) is 2. The van der Waals surface area contributed by atoms with Crippen molar-refractivity contribution in [1.82, 2.24) is 10.6 Å². The number of carbonyl (C=O) groups is 1. The highest BCUT2D eigenvalue weighted by atomic mass is 35.5. The summed E-state index contributed by atoms with van der Waals surface area (Å²) in [5.74, 6) is 1.87. The van der Waals surface area contributed by atoms with Gasteiger partial charge in [-0.05, 0) is 25.3 Å². The molecule has 1 saturated carbocycles. The molecule has 0 aromatic carbocycles. The third kappa shape index (κ3) is 4.28. The van der Waals surface area contributed by atoms with Gasteiger partial charge in [-0.3, -0.25) is 4.79 Å². The Bertz CT molecular complexity index is 332. The Labute approximate surface area is 133 Å². The van der Waals surface area contributed by atoms with Crippen molar-refractivity contribution in [3.63, 3.8) is 0 Å². The molecule has 0 unspecified atom stereocenters. The Morgan fingerprint density at radius 3 is 2.85 bits per heavy atom. The summed E-state index contributed by atoms with van der Waals surface area (Å²) < 4.78 is 0.283. The van der Waals surface area contributed by atoms with E-state index < -0.39 is 0 Å². The Kier molecular flexibility index (Phi) is 6.68. The molecule has 5 heteroatoms. The molecule has 1 heterocycles. The molecular formula is C15H29ClN2OS. The second kappa shape index (κ2) is 7.37. The first kappa shape index (κ1) is 18.1. The molecule has 20 heavy (non-hydrogen) atoms. The highest BCUT2D eigenvalue weighted by Gasteiger charge is 2.49. The van der Waals surface area contributed by atoms with Gasteiger partial charge in [0.1, 0.15) is 0 Å². The lowest BCUT2D eigenvalue weighted by Gasteiger charge is -2.37. The lowest BCUT2D eigenvalue weighted by atomic mass is 9.67. The zero-order valence-corrected chi connectivity index (χ0v) is 14.6. The zero-order valence-electron chi connectivity index (χ0n) is 13.0. The molecule has 2 fully saturated rings. The smallest absolute Gasteiger partial charge is 0.227 e. The summed E-state index contributed by atoms with van der Waals surface area (Å²) in [5, 5.41) is 6.62. The largest absolute Gasteiger partial charge is 0.355 e. The van der Waals surface area contributed by atoms with Crippen molar-refractivity contribution in [1.29, 1.82) is 0 Å². The Morgan fingerprint density at radius 2 is 2.15 bits per heavy atom. The number of fused-ring (bicyclic) bond motifs is 1.